The van der Waals surface area contributed by atoms with Crippen LogP contribution < -0.4 is 16.0 Å². The first-order valence-electron chi connectivity index (χ1n) is 11.0. The van der Waals surface area contributed by atoms with E-state index in [0.717, 1.165) is 18.4 Å². The zero-order chi connectivity index (χ0) is 22.1. The summed E-state index contributed by atoms with van der Waals surface area (Å²) < 4.78 is 0. The van der Waals surface area contributed by atoms with Crippen molar-refractivity contribution in [3.8, 4) is 0 Å². The highest BCUT2D eigenvalue weighted by Gasteiger charge is 2.16. The first-order valence-corrected chi connectivity index (χ1v) is 11.0. The van der Waals surface area contributed by atoms with Crippen LogP contribution in [0.15, 0.2) is 48.5 Å². The van der Waals surface area contributed by atoms with E-state index in [2.05, 4.69) is 16.0 Å². The van der Waals surface area contributed by atoms with Crippen LogP contribution in [0.25, 0.3) is 0 Å². The molecule has 0 radical (unpaired) electrons. The third kappa shape index (κ3) is 7.24. The molecule has 0 spiro atoms. The van der Waals surface area contributed by atoms with Gasteiger partial charge in [0.2, 0.25) is 5.91 Å². The number of aryl methyl sites for hydroxylation is 1. The molecule has 1 saturated carbocycles. The number of anilines is 1. The van der Waals surface area contributed by atoms with Gasteiger partial charge in [0.05, 0.1) is 0 Å². The Morgan fingerprint density at radius 1 is 0.774 bits per heavy atom. The minimum atomic E-state index is -0.210. The Labute approximate surface area is 183 Å². The highest BCUT2D eigenvalue weighted by atomic mass is 16.2. The Morgan fingerprint density at radius 3 is 2.03 bits per heavy atom. The predicted molar refractivity (Wildman–Crippen MR) is 122 cm³/mol. The van der Waals surface area contributed by atoms with Gasteiger partial charge in [0.1, 0.15) is 0 Å². The van der Waals surface area contributed by atoms with E-state index in [4.69, 9.17) is 0 Å². The molecule has 31 heavy (non-hydrogen) atoms. The molecule has 2 aromatic rings. The zero-order valence-corrected chi connectivity index (χ0v) is 18.1. The average Bonchev–Trinajstić information content (AvgIpc) is 2.78. The van der Waals surface area contributed by atoms with Crippen molar-refractivity contribution in [2.45, 2.75) is 45.4 Å². The van der Waals surface area contributed by atoms with Crippen LogP contribution in [0.2, 0.25) is 0 Å². The molecule has 0 heterocycles. The topological polar surface area (TPSA) is 87.3 Å². The lowest BCUT2D eigenvalue weighted by molar-refractivity contribution is -0.122. The number of amides is 3. The molecule has 0 aromatic heterocycles. The quantitative estimate of drug-likeness (QED) is 0.562. The van der Waals surface area contributed by atoms with Crippen molar-refractivity contribution in [1.29, 1.82) is 0 Å². The summed E-state index contributed by atoms with van der Waals surface area (Å²) in [4.78, 5) is 36.6. The number of hydrogen-bond donors (Lipinski definition) is 3. The summed E-state index contributed by atoms with van der Waals surface area (Å²) >= 11 is 0. The molecule has 164 valence electrons. The standard InChI is InChI=1S/C25H31N3O3/c1-18-7-9-21(10-8-18)25(31)28-22-13-11-20(12-14-22)24(30)27-16-15-26-23(29)17-19-5-3-2-4-6-19/h7-14,19H,2-6,15-17H2,1H3,(H,26,29)(H,27,30)(H,28,31). The molecule has 0 saturated heterocycles. The lowest BCUT2D eigenvalue weighted by atomic mass is 9.87. The van der Waals surface area contributed by atoms with Gasteiger partial charge < -0.3 is 16.0 Å². The van der Waals surface area contributed by atoms with E-state index >= 15 is 0 Å². The molecule has 3 rings (SSSR count). The fourth-order valence-electron chi connectivity index (χ4n) is 3.82. The minimum Gasteiger partial charge on any atom is -0.354 e. The molecule has 2 aromatic carbocycles. The van der Waals surface area contributed by atoms with Gasteiger partial charge in [-0.15, -0.1) is 0 Å². The molecule has 3 N–H and O–H groups in total. The van der Waals surface area contributed by atoms with Crippen LogP contribution in [0.5, 0.6) is 0 Å². The van der Waals surface area contributed by atoms with Crippen molar-refractivity contribution in [1.82, 2.24) is 10.6 Å². The van der Waals surface area contributed by atoms with Crippen molar-refractivity contribution >= 4 is 23.4 Å². The molecule has 1 aliphatic carbocycles. The van der Waals surface area contributed by atoms with Crippen LogP contribution in [0.1, 0.15) is 64.8 Å². The van der Waals surface area contributed by atoms with Crippen molar-refractivity contribution in [2.75, 3.05) is 18.4 Å². The second-order valence-electron chi connectivity index (χ2n) is 8.21. The summed E-state index contributed by atoms with van der Waals surface area (Å²) in [6.45, 7) is 2.76. The van der Waals surface area contributed by atoms with E-state index in [9.17, 15) is 14.4 Å². The highest BCUT2D eigenvalue weighted by Crippen LogP contribution is 2.25. The Balaban J connectivity index is 1.38. The highest BCUT2D eigenvalue weighted by molar-refractivity contribution is 6.04. The van der Waals surface area contributed by atoms with Gasteiger partial charge in [0.25, 0.3) is 11.8 Å². The van der Waals surface area contributed by atoms with E-state index in [1.165, 1.54) is 19.3 Å². The van der Waals surface area contributed by atoms with E-state index < -0.39 is 0 Å². The summed E-state index contributed by atoms with van der Waals surface area (Å²) in [6, 6.07) is 14.1. The van der Waals surface area contributed by atoms with E-state index in [0.29, 0.717) is 42.2 Å². The van der Waals surface area contributed by atoms with Crippen molar-refractivity contribution in [3.05, 3.63) is 65.2 Å². The maximum atomic E-state index is 12.3. The largest absolute Gasteiger partial charge is 0.354 e. The molecule has 0 unspecified atom stereocenters. The Morgan fingerprint density at radius 2 is 1.35 bits per heavy atom. The van der Waals surface area contributed by atoms with Crippen molar-refractivity contribution in [2.24, 2.45) is 5.92 Å². The second-order valence-corrected chi connectivity index (χ2v) is 8.21. The summed E-state index contributed by atoms with van der Waals surface area (Å²) in [5.41, 5.74) is 2.80. The van der Waals surface area contributed by atoms with Gasteiger partial charge in [-0.1, -0.05) is 37.0 Å². The predicted octanol–water partition coefficient (Wildman–Crippen LogP) is 4.06. The Kier molecular flexibility index (Phi) is 8.21. The Hall–Kier alpha value is -3.15. The SMILES string of the molecule is Cc1ccc(C(=O)Nc2ccc(C(=O)NCCNC(=O)CC3CCCCC3)cc2)cc1. The van der Waals surface area contributed by atoms with Crippen LogP contribution in [0.4, 0.5) is 5.69 Å². The zero-order valence-electron chi connectivity index (χ0n) is 18.1. The van der Waals surface area contributed by atoms with Gasteiger partial charge in [0.15, 0.2) is 0 Å². The van der Waals surface area contributed by atoms with E-state index in [1.807, 2.05) is 19.1 Å². The summed E-state index contributed by atoms with van der Waals surface area (Å²) in [5, 5.41) is 8.52. The maximum absolute atomic E-state index is 12.3. The van der Waals surface area contributed by atoms with Crippen LogP contribution in [-0.4, -0.2) is 30.8 Å². The third-order valence-corrected chi connectivity index (χ3v) is 5.65. The molecule has 0 bridgehead atoms. The van der Waals surface area contributed by atoms with E-state index in [1.54, 1.807) is 36.4 Å². The van der Waals surface area contributed by atoms with Crippen LogP contribution >= 0.6 is 0 Å². The molecule has 1 fully saturated rings. The Bertz CT molecular complexity index is 885. The summed E-state index contributed by atoms with van der Waals surface area (Å²) in [6.07, 6.45) is 6.61. The molecule has 1 aliphatic rings. The van der Waals surface area contributed by atoms with Crippen LogP contribution in [-0.2, 0) is 4.79 Å². The number of benzene rings is 2. The average molecular weight is 422 g/mol. The van der Waals surface area contributed by atoms with Gasteiger partial charge in [0, 0.05) is 36.3 Å². The molecular weight excluding hydrogens is 390 g/mol. The van der Waals surface area contributed by atoms with Gasteiger partial charge in [-0.2, -0.15) is 0 Å². The van der Waals surface area contributed by atoms with Gasteiger partial charge in [-0.25, -0.2) is 0 Å². The number of nitrogens with one attached hydrogen (secondary N) is 3. The first kappa shape index (κ1) is 22.5. The number of hydrogen-bond acceptors (Lipinski definition) is 3. The smallest absolute Gasteiger partial charge is 0.255 e. The molecule has 6 nitrogen and oxygen atoms in total. The van der Waals surface area contributed by atoms with Gasteiger partial charge >= 0.3 is 0 Å². The van der Waals surface area contributed by atoms with Crippen LogP contribution in [0.3, 0.4) is 0 Å². The lowest BCUT2D eigenvalue weighted by Crippen LogP contribution is -2.35. The number of rotatable bonds is 8. The number of carbonyl (C=O) groups is 3. The molecule has 0 atom stereocenters. The number of carbonyl (C=O) groups excluding carboxylic acids is 3. The second kappa shape index (κ2) is 11.3. The minimum absolute atomic E-state index is 0.0646. The first-order chi connectivity index (χ1) is 15.0. The van der Waals surface area contributed by atoms with Gasteiger partial charge in [-0.05, 0) is 62.1 Å². The molecule has 3 amide bonds. The lowest BCUT2D eigenvalue weighted by Gasteiger charge is -2.20. The summed E-state index contributed by atoms with van der Waals surface area (Å²) in [5.74, 6) is 0.169. The van der Waals surface area contributed by atoms with Crippen molar-refractivity contribution in [3.63, 3.8) is 0 Å². The normalized spacial score (nSPS) is 14.0. The molecule has 6 heteroatoms. The molecule has 0 aliphatic heterocycles. The fraction of sp³-hybridized carbons (Fsp3) is 0.400. The van der Waals surface area contributed by atoms with Gasteiger partial charge in [-0.3, -0.25) is 14.4 Å². The fourth-order valence-corrected chi connectivity index (χ4v) is 3.82. The third-order valence-electron chi connectivity index (χ3n) is 5.65. The monoisotopic (exact) mass is 421 g/mol. The molecular formula is C25H31N3O3. The summed E-state index contributed by atoms with van der Waals surface area (Å²) in [7, 11) is 0. The maximum Gasteiger partial charge on any atom is 0.255 e. The van der Waals surface area contributed by atoms with Crippen molar-refractivity contribution < 1.29 is 14.4 Å². The van der Waals surface area contributed by atoms with E-state index in [-0.39, 0.29) is 17.7 Å². The van der Waals surface area contributed by atoms with Crippen LogP contribution in [0, 0.1) is 12.8 Å².